The molecule has 2 aromatic carbocycles. The van der Waals surface area contributed by atoms with Crippen LogP contribution in [0.5, 0.6) is 5.75 Å². The lowest BCUT2D eigenvalue weighted by Crippen LogP contribution is -2.46. The van der Waals surface area contributed by atoms with E-state index in [9.17, 15) is 5.11 Å². The summed E-state index contributed by atoms with van der Waals surface area (Å²) in [6, 6.07) is 14.9. The summed E-state index contributed by atoms with van der Waals surface area (Å²) in [5.74, 6) is 0.902. The van der Waals surface area contributed by atoms with Gasteiger partial charge in [0.1, 0.15) is 12.0 Å². The minimum atomic E-state index is 0.300. The van der Waals surface area contributed by atoms with Gasteiger partial charge >= 0.3 is 0 Å². The molecular weight excluding hydrogens is 350 g/mol. The summed E-state index contributed by atoms with van der Waals surface area (Å²) in [7, 11) is 0. The van der Waals surface area contributed by atoms with Gasteiger partial charge in [0, 0.05) is 49.0 Å². The van der Waals surface area contributed by atoms with Crippen molar-refractivity contribution in [1.29, 1.82) is 0 Å². The summed E-state index contributed by atoms with van der Waals surface area (Å²) < 4.78 is 5.62. The molecule has 0 atom stereocenters. The van der Waals surface area contributed by atoms with Crippen LogP contribution in [0.25, 0.3) is 11.5 Å². The van der Waals surface area contributed by atoms with Gasteiger partial charge in [-0.15, -0.1) is 0 Å². The van der Waals surface area contributed by atoms with Gasteiger partial charge in [0.15, 0.2) is 0 Å². The van der Waals surface area contributed by atoms with Crippen molar-refractivity contribution >= 4 is 17.3 Å². The standard InChI is InChI=1S/C20H20ClN3O2/c21-16-3-1-2-15(12-16)20-22-17(14-26-20)13-23-8-10-24(11-9-23)18-4-6-19(25)7-5-18/h1-7,12,14,25H,8-11,13H2. The second kappa shape index (κ2) is 7.40. The summed E-state index contributed by atoms with van der Waals surface area (Å²) in [6.45, 7) is 4.58. The number of hydrogen-bond donors (Lipinski definition) is 1. The highest BCUT2D eigenvalue weighted by atomic mass is 35.5. The molecule has 134 valence electrons. The minimum Gasteiger partial charge on any atom is -0.508 e. The van der Waals surface area contributed by atoms with Crippen LogP contribution in [0.4, 0.5) is 5.69 Å². The minimum absolute atomic E-state index is 0.300. The lowest BCUT2D eigenvalue weighted by Gasteiger charge is -2.35. The van der Waals surface area contributed by atoms with E-state index in [-0.39, 0.29) is 0 Å². The van der Waals surface area contributed by atoms with Crippen LogP contribution in [-0.2, 0) is 6.54 Å². The highest BCUT2D eigenvalue weighted by molar-refractivity contribution is 6.30. The molecule has 3 aromatic rings. The summed E-state index contributed by atoms with van der Waals surface area (Å²) in [5.41, 5.74) is 2.96. The Balaban J connectivity index is 1.35. The Labute approximate surface area is 157 Å². The molecule has 6 heteroatoms. The Bertz CT molecular complexity index is 871. The van der Waals surface area contributed by atoms with Crippen molar-refractivity contribution in [2.45, 2.75) is 6.54 Å². The van der Waals surface area contributed by atoms with E-state index in [1.165, 1.54) is 0 Å². The fraction of sp³-hybridized carbons (Fsp3) is 0.250. The maximum absolute atomic E-state index is 9.41. The van der Waals surface area contributed by atoms with Crippen LogP contribution >= 0.6 is 11.6 Å². The second-order valence-electron chi connectivity index (χ2n) is 6.43. The zero-order chi connectivity index (χ0) is 17.9. The van der Waals surface area contributed by atoms with Crippen LogP contribution in [0, 0.1) is 0 Å². The molecule has 1 aliphatic heterocycles. The number of oxazole rings is 1. The number of rotatable bonds is 4. The van der Waals surface area contributed by atoms with Gasteiger partial charge in [-0.05, 0) is 42.5 Å². The van der Waals surface area contributed by atoms with Crippen LogP contribution in [0.2, 0.25) is 5.02 Å². The van der Waals surface area contributed by atoms with Gasteiger partial charge in [-0.1, -0.05) is 17.7 Å². The molecule has 5 nitrogen and oxygen atoms in total. The quantitative estimate of drug-likeness (QED) is 0.752. The Kier molecular flexibility index (Phi) is 4.82. The predicted molar refractivity (Wildman–Crippen MR) is 103 cm³/mol. The molecule has 0 saturated carbocycles. The molecule has 1 N–H and O–H groups in total. The zero-order valence-electron chi connectivity index (χ0n) is 14.3. The Morgan fingerprint density at radius 1 is 1.04 bits per heavy atom. The van der Waals surface area contributed by atoms with Gasteiger partial charge in [0.05, 0.1) is 5.69 Å². The molecule has 0 unspecified atom stereocenters. The number of aromatic hydroxyl groups is 1. The number of aromatic nitrogens is 1. The number of phenolic OH excluding ortho intramolecular Hbond substituents is 1. The number of anilines is 1. The third-order valence-electron chi connectivity index (χ3n) is 4.60. The van der Waals surface area contributed by atoms with E-state index in [0.717, 1.165) is 49.7 Å². The number of phenols is 1. The van der Waals surface area contributed by atoms with Gasteiger partial charge in [-0.25, -0.2) is 4.98 Å². The fourth-order valence-electron chi connectivity index (χ4n) is 3.19. The number of nitrogens with zero attached hydrogens (tertiary/aromatic N) is 3. The summed E-state index contributed by atoms with van der Waals surface area (Å²) >= 11 is 6.03. The van der Waals surface area contributed by atoms with E-state index < -0.39 is 0 Å². The third kappa shape index (κ3) is 3.84. The van der Waals surface area contributed by atoms with E-state index in [1.807, 2.05) is 36.4 Å². The van der Waals surface area contributed by atoms with Gasteiger partial charge in [0.25, 0.3) is 0 Å². The first-order chi connectivity index (χ1) is 12.7. The third-order valence-corrected chi connectivity index (χ3v) is 4.83. The van der Waals surface area contributed by atoms with Crippen molar-refractivity contribution < 1.29 is 9.52 Å². The summed E-state index contributed by atoms with van der Waals surface area (Å²) in [5, 5.41) is 10.1. The van der Waals surface area contributed by atoms with E-state index in [1.54, 1.807) is 18.4 Å². The largest absolute Gasteiger partial charge is 0.508 e. The summed E-state index contributed by atoms with van der Waals surface area (Å²) in [4.78, 5) is 9.30. The molecule has 1 aliphatic rings. The van der Waals surface area contributed by atoms with Crippen molar-refractivity contribution in [2.24, 2.45) is 0 Å². The van der Waals surface area contributed by atoms with Crippen molar-refractivity contribution in [3.8, 4) is 17.2 Å². The number of benzene rings is 2. The zero-order valence-corrected chi connectivity index (χ0v) is 15.1. The highest BCUT2D eigenvalue weighted by Gasteiger charge is 2.19. The molecule has 1 saturated heterocycles. The van der Waals surface area contributed by atoms with Gasteiger partial charge in [0.2, 0.25) is 5.89 Å². The number of hydrogen-bond acceptors (Lipinski definition) is 5. The SMILES string of the molecule is Oc1ccc(N2CCN(Cc3coc(-c4cccc(Cl)c4)n3)CC2)cc1. The molecule has 1 fully saturated rings. The molecular formula is C20H20ClN3O2. The second-order valence-corrected chi connectivity index (χ2v) is 6.87. The van der Waals surface area contributed by atoms with Crippen molar-refractivity contribution in [3.63, 3.8) is 0 Å². The Hall–Kier alpha value is -2.50. The number of piperazine rings is 1. The maximum Gasteiger partial charge on any atom is 0.226 e. The van der Waals surface area contributed by atoms with Crippen LogP contribution in [0.15, 0.2) is 59.2 Å². The van der Waals surface area contributed by atoms with Gasteiger partial charge in [-0.3, -0.25) is 4.90 Å². The topological polar surface area (TPSA) is 52.7 Å². The highest BCUT2D eigenvalue weighted by Crippen LogP contribution is 2.23. The van der Waals surface area contributed by atoms with E-state index in [0.29, 0.717) is 16.7 Å². The average Bonchev–Trinajstić information content (AvgIpc) is 3.12. The normalized spacial score (nSPS) is 15.3. The van der Waals surface area contributed by atoms with Gasteiger partial charge in [-0.2, -0.15) is 0 Å². The van der Waals surface area contributed by atoms with Crippen LogP contribution < -0.4 is 4.90 Å². The van der Waals surface area contributed by atoms with Crippen LogP contribution in [-0.4, -0.2) is 41.2 Å². The van der Waals surface area contributed by atoms with Crippen molar-refractivity contribution in [2.75, 3.05) is 31.1 Å². The molecule has 0 aliphatic carbocycles. The maximum atomic E-state index is 9.41. The molecule has 0 spiro atoms. The molecule has 0 bridgehead atoms. The lowest BCUT2D eigenvalue weighted by atomic mass is 10.2. The van der Waals surface area contributed by atoms with E-state index in [2.05, 4.69) is 14.8 Å². The van der Waals surface area contributed by atoms with Crippen molar-refractivity contribution in [3.05, 3.63) is 65.5 Å². The van der Waals surface area contributed by atoms with Crippen LogP contribution in [0.3, 0.4) is 0 Å². The first kappa shape index (κ1) is 16.9. The van der Waals surface area contributed by atoms with Crippen molar-refractivity contribution in [1.82, 2.24) is 9.88 Å². The monoisotopic (exact) mass is 369 g/mol. The Morgan fingerprint density at radius 3 is 2.54 bits per heavy atom. The van der Waals surface area contributed by atoms with Gasteiger partial charge < -0.3 is 14.4 Å². The molecule has 26 heavy (non-hydrogen) atoms. The number of halogens is 1. The molecule has 0 radical (unpaired) electrons. The first-order valence-corrected chi connectivity index (χ1v) is 9.02. The Morgan fingerprint density at radius 2 is 1.81 bits per heavy atom. The van der Waals surface area contributed by atoms with E-state index in [4.69, 9.17) is 16.0 Å². The smallest absolute Gasteiger partial charge is 0.226 e. The first-order valence-electron chi connectivity index (χ1n) is 8.64. The molecule has 4 rings (SSSR count). The average molecular weight is 370 g/mol. The fourth-order valence-corrected chi connectivity index (χ4v) is 3.38. The van der Waals surface area contributed by atoms with E-state index >= 15 is 0 Å². The summed E-state index contributed by atoms with van der Waals surface area (Å²) in [6.07, 6.45) is 1.72. The predicted octanol–water partition coefficient (Wildman–Crippen LogP) is 4.02. The lowest BCUT2D eigenvalue weighted by molar-refractivity contribution is 0.247. The molecule has 0 amide bonds. The van der Waals surface area contributed by atoms with Crippen LogP contribution in [0.1, 0.15) is 5.69 Å². The molecule has 1 aromatic heterocycles. The molecule has 2 heterocycles.